The number of aliphatic carboxylic acids is 1. The molecule has 3 nitrogen and oxygen atoms in total. The molecule has 0 bridgehead atoms. The molecule has 1 heterocycles. The first kappa shape index (κ1) is 8.53. The molecule has 0 radical (unpaired) electrons. The number of ether oxygens (including phenoxy) is 1. The zero-order chi connectivity index (χ0) is 9.42. The average molecular weight is 199 g/mol. The maximum atomic E-state index is 10.5. The SMILES string of the molecule is O=C(O)[C@H]1O[C@H]1c1cccc(Cl)c1. The Kier molecular flexibility index (Phi) is 1.98. The lowest BCUT2D eigenvalue weighted by atomic mass is 10.1. The number of carboxylic acid groups (broad SMARTS) is 1. The Bertz CT molecular complexity index is 350. The zero-order valence-electron chi connectivity index (χ0n) is 6.61. The Balaban J connectivity index is 2.16. The average Bonchev–Trinajstić information content (AvgIpc) is 2.82. The number of halogens is 1. The minimum absolute atomic E-state index is 0.323. The second kappa shape index (κ2) is 3.01. The van der Waals surface area contributed by atoms with Gasteiger partial charge in [0.1, 0.15) is 6.10 Å². The highest BCUT2D eigenvalue weighted by molar-refractivity contribution is 6.30. The van der Waals surface area contributed by atoms with Gasteiger partial charge in [-0.2, -0.15) is 0 Å². The minimum Gasteiger partial charge on any atom is -0.479 e. The normalized spacial score (nSPS) is 25.6. The summed E-state index contributed by atoms with van der Waals surface area (Å²) in [6, 6.07) is 7.04. The van der Waals surface area contributed by atoms with Gasteiger partial charge in [0.15, 0.2) is 6.10 Å². The number of rotatable bonds is 2. The molecule has 2 atom stereocenters. The van der Waals surface area contributed by atoms with Gasteiger partial charge in [0, 0.05) is 5.02 Å². The molecule has 1 N–H and O–H groups in total. The number of benzene rings is 1. The van der Waals surface area contributed by atoms with Crippen molar-refractivity contribution < 1.29 is 14.6 Å². The van der Waals surface area contributed by atoms with Gasteiger partial charge in [0.2, 0.25) is 0 Å². The lowest BCUT2D eigenvalue weighted by Crippen LogP contribution is -2.04. The summed E-state index contributed by atoms with van der Waals surface area (Å²) in [5.74, 6) is -0.926. The van der Waals surface area contributed by atoms with E-state index < -0.39 is 12.1 Å². The third kappa shape index (κ3) is 1.66. The predicted molar refractivity (Wildman–Crippen MR) is 46.7 cm³/mol. The molecular weight excluding hydrogens is 192 g/mol. The smallest absolute Gasteiger partial charge is 0.335 e. The van der Waals surface area contributed by atoms with Crippen LogP contribution in [0, 0.1) is 0 Å². The van der Waals surface area contributed by atoms with E-state index in [1.54, 1.807) is 24.3 Å². The fraction of sp³-hybridized carbons (Fsp3) is 0.222. The Morgan fingerprint density at radius 1 is 1.54 bits per heavy atom. The molecule has 0 saturated carbocycles. The Labute approximate surface area is 79.9 Å². The van der Waals surface area contributed by atoms with Gasteiger partial charge in [-0.15, -0.1) is 0 Å². The Morgan fingerprint density at radius 2 is 2.31 bits per heavy atom. The van der Waals surface area contributed by atoms with Crippen LogP contribution in [0.1, 0.15) is 11.7 Å². The fourth-order valence-corrected chi connectivity index (χ4v) is 1.44. The van der Waals surface area contributed by atoms with Gasteiger partial charge < -0.3 is 9.84 Å². The molecule has 1 fully saturated rings. The highest BCUT2D eigenvalue weighted by Gasteiger charge is 2.46. The van der Waals surface area contributed by atoms with E-state index in [2.05, 4.69) is 0 Å². The quantitative estimate of drug-likeness (QED) is 0.738. The molecule has 68 valence electrons. The number of epoxide rings is 1. The third-order valence-electron chi connectivity index (χ3n) is 1.91. The molecule has 0 unspecified atom stereocenters. The highest BCUT2D eigenvalue weighted by atomic mass is 35.5. The molecule has 4 heteroatoms. The van der Waals surface area contributed by atoms with Gasteiger partial charge in [-0.25, -0.2) is 4.79 Å². The number of hydrogen-bond donors (Lipinski definition) is 1. The van der Waals surface area contributed by atoms with E-state index in [9.17, 15) is 4.79 Å². The van der Waals surface area contributed by atoms with Crippen molar-refractivity contribution in [2.45, 2.75) is 12.2 Å². The van der Waals surface area contributed by atoms with Gasteiger partial charge in [-0.3, -0.25) is 0 Å². The van der Waals surface area contributed by atoms with E-state index in [4.69, 9.17) is 21.4 Å². The van der Waals surface area contributed by atoms with E-state index in [0.29, 0.717) is 5.02 Å². The minimum atomic E-state index is -0.926. The summed E-state index contributed by atoms with van der Waals surface area (Å²) in [5.41, 5.74) is 0.819. The topological polar surface area (TPSA) is 49.8 Å². The van der Waals surface area contributed by atoms with E-state index >= 15 is 0 Å². The van der Waals surface area contributed by atoms with Crippen LogP contribution in [0.5, 0.6) is 0 Å². The predicted octanol–water partition coefficient (Wildman–Crippen LogP) is 1.86. The Morgan fingerprint density at radius 3 is 2.85 bits per heavy atom. The first-order chi connectivity index (χ1) is 6.18. The van der Waals surface area contributed by atoms with Crippen molar-refractivity contribution in [2.24, 2.45) is 0 Å². The largest absolute Gasteiger partial charge is 0.479 e. The lowest BCUT2D eigenvalue weighted by Gasteiger charge is -1.94. The van der Waals surface area contributed by atoms with Crippen molar-refractivity contribution in [3.05, 3.63) is 34.9 Å². The van der Waals surface area contributed by atoms with E-state index in [1.807, 2.05) is 0 Å². The van der Waals surface area contributed by atoms with Gasteiger partial charge >= 0.3 is 5.97 Å². The molecule has 1 aliphatic rings. The van der Waals surface area contributed by atoms with Crippen molar-refractivity contribution in [1.29, 1.82) is 0 Å². The van der Waals surface area contributed by atoms with Crippen LogP contribution in [0.2, 0.25) is 5.02 Å². The number of hydrogen-bond acceptors (Lipinski definition) is 2. The van der Waals surface area contributed by atoms with Crippen LogP contribution in [0.4, 0.5) is 0 Å². The maximum absolute atomic E-state index is 10.5. The third-order valence-corrected chi connectivity index (χ3v) is 2.15. The van der Waals surface area contributed by atoms with Crippen LogP contribution < -0.4 is 0 Å². The number of carboxylic acids is 1. The van der Waals surface area contributed by atoms with Crippen molar-refractivity contribution in [1.82, 2.24) is 0 Å². The van der Waals surface area contributed by atoms with Crippen LogP contribution in [0.15, 0.2) is 24.3 Å². The van der Waals surface area contributed by atoms with Gasteiger partial charge in [0.05, 0.1) is 0 Å². The van der Waals surface area contributed by atoms with Gasteiger partial charge in [-0.1, -0.05) is 23.7 Å². The standard InChI is InChI=1S/C9H7ClO3/c10-6-3-1-2-5(4-6)7-8(13-7)9(11)12/h1-4,7-8H,(H,11,12)/t7-,8-/m0/s1. The highest BCUT2D eigenvalue weighted by Crippen LogP contribution is 2.39. The maximum Gasteiger partial charge on any atom is 0.335 e. The van der Waals surface area contributed by atoms with Crippen LogP contribution in [0.25, 0.3) is 0 Å². The summed E-state index contributed by atoms with van der Waals surface area (Å²) >= 11 is 5.74. The monoisotopic (exact) mass is 198 g/mol. The van der Waals surface area contributed by atoms with Crippen LogP contribution in [-0.4, -0.2) is 17.2 Å². The lowest BCUT2D eigenvalue weighted by molar-refractivity contribution is -0.138. The molecular formula is C9H7ClO3. The molecule has 1 aromatic rings. The van der Waals surface area contributed by atoms with Crippen LogP contribution in [-0.2, 0) is 9.53 Å². The summed E-state index contributed by atoms with van der Waals surface area (Å²) in [5, 5.41) is 9.19. The molecule has 0 amide bonds. The summed E-state index contributed by atoms with van der Waals surface area (Å²) in [7, 11) is 0. The number of carbonyl (C=O) groups is 1. The Hall–Kier alpha value is -1.06. The molecule has 0 aromatic heterocycles. The molecule has 0 spiro atoms. The molecule has 2 rings (SSSR count). The summed E-state index contributed by atoms with van der Waals surface area (Å²) in [6.45, 7) is 0. The zero-order valence-corrected chi connectivity index (χ0v) is 7.36. The molecule has 0 aliphatic carbocycles. The van der Waals surface area contributed by atoms with E-state index in [1.165, 1.54) is 0 Å². The first-order valence-corrected chi connectivity index (χ1v) is 4.20. The summed E-state index contributed by atoms with van der Waals surface area (Å²) in [4.78, 5) is 10.5. The molecule has 1 saturated heterocycles. The van der Waals surface area contributed by atoms with Gasteiger partial charge in [0.25, 0.3) is 0 Å². The van der Waals surface area contributed by atoms with Crippen molar-refractivity contribution in [2.75, 3.05) is 0 Å². The molecule has 1 aliphatic heterocycles. The van der Waals surface area contributed by atoms with Crippen molar-refractivity contribution >= 4 is 17.6 Å². The van der Waals surface area contributed by atoms with Gasteiger partial charge in [-0.05, 0) is 17.7 Å². The molecule has 1 aromatic carbocycles. The van der Waals surface area contributed by atoms with Crippen LogP contribution >= 0.6 is 11.6 Å². The van der Waals surface area contributed by atoms with Crippen molar-refractivity contribution in [3.8, 4) is 0 Å². The summed E-state index contributed by atoms with van der Waals surface area (Å²) in [6.07, 6.45) is -1.02. The molecule has 13 heavy (non-hydrogen) atoms. The second-order valence-corrected chi connectivity index (χ2v) is 3.31. The second-order valence-electron chi connectivity index (χ2n) is 2.87. The summed E-state index contributed by atoms with van der Waals surface area (Å²) < 4.78 is 4.96. The van der Waals surface area contributed by atoms with E-state index in [0.717, 1.165) is 5.56 Å². The van der Waals surface area contributed by atoms with E-state index in [-0.39, 0.29) is 6.10 Å². The fourth-order valence-electron chi connectivity index (χ4n) is 1.24. The van der Waals surface area contributed by atoms with Crippen molar-refractivity contribution in [3.63, 3.8) is 0 Å². The first-order valence-electron chi connectivity index (χ1n) is 3.82. The van der Waals surface area contributed by atoms with Crippen LogP contribution in [0.3, 0.4) is 0 Å².